The molecule has 6 nitrogen and oxygen atoms in total. The number of carbonyl (C=O) groups is 2. The molecule has 3 aromatic rings. The number of aryl methyl sites for hydroxylation is 2. The molecule has 0 spiro atoms. The summed E-state index contributed by atoms with van der Waals surface area (Å²) in [6.07, 6.45) is 0. The first-order valence-electron chi connectivity index (χ1n) is 8.89. The number of carbonyl (C=O) groups excluding carboxylic acids is 2. The van der Waals surface area contributed by atoms with Crippen molar-refractivity contribution in [3.05, 3.63) is 76.1 Å². The molecule has 150 valence electrons. The summed E-state index contributed by atoms with van der Waals surface area (Å²) in [6, 6.07) is 13.7. The first-order valence-corrected chi connectivity index (χ1v) is 10.4. The van der Waals surface area contributed by atoms with E-state index in [1.165, 1.54) is 11.8 Å². The third-order valence-corrected chi connectivity index (χ3v) is 5.42. The second kappa shape index (κ2) is 9.62. The summed E-state index contributed by atoms with van der Waals surface area (Å²) in [5.74, 6) is 1.14. The van der Waals surface area contributed by atoms with Gasteiger partial charge >= 0.3 is 0 Å². The Labute approximate surface area is 178 Å². The van der Waals surface area contributed by atoms with E-state index in [1.807, 2.05) is 13.8 Å². The second-order valence-corrected chi connectivity index (χ2v) is 7.77. The molecule has 0 bridgehead atoms. The molecule has 0 radical (unpaired) electrons. The Balaban J connectivity index is 1.60. The maximum Gasteiger partial charge on any atom is 0.257 e. The summed E-state index contributed by atoms with van der Waals surface area (Å²) >= 11 is 7.33. The van der Waals surface area contributed by atoms with E-state index in [9.17, 15) is 9.59 Å². The van der Waals surface area contributed by atoms with Crippen LogP contribution in [0, 0.1) is 13.8 Å². The Kier molecular flexibility index (Phi) is 6.95. The molecule has 0 aliphatic carbocycles. The average molecular weight is 430 g/mol. The number of aromatic nitrogens is 1. The van der Waals surface area contributed by atoms with E-state index in [2.05, 4.69) is 15.8 Å². The van der Waals surface area contributed by atoms with Crippen molar-refractivity contribution in [3.63, 3.8) is 0 Å². The van der Waals surface area contributed by atoms with E-state index in [1.54, 1.807) is 48.5 Å². The predicted octanol–water partition coefficient (Wildman–Crippen LogP) is 5.07. The van der Waals surface area contributed by atoms with Gasteiger partial charge in [-0.15, -0.1) is 11.8 Å². The molecule has 0 fully saturated rings. The number of anilines is 2. The van der Waals surface area contributed by atoms with E-state index >= 15 is 0 Å². The van der Waals surface area contributed by atoms with Crippen LogP contribution < -0.4 is 10.6 Å². The fraction of sp³-hybridized carbons (Fsp3) is 0.190. The number of hydrogen-bond acceptors (Lipinski definition) is 5. The molecule has 0 aliphatic heterocycles. The highest BCUT2D eigenvalue weighted by molar-refractivity contribution is 7.99. The van der Waals surface area contributed by atoms with E-state index < -0.39 is 0 Å². The number of benzene rings is 2. The highest BCUT2D eigenvalue weighted by Gasteiger charge is 2.14. The third-order valence-electron chi connectivity index (χ3n) is 4.21. The molecule has 3 rings (SSSR count). The number of hydrogen-bond donors (Lipinski definition) is 2. The first kappa shape index (κ1) is 21.0. The van der Waals surface area contributed by atoms with Gasteiger partial charge in [0.1, 0.15) is 5.76 Å². The Hall–Kier alpha value is -2.77. The van der Waals surface area contributed by atoms with Gasteiger partial charge in [-0.25, -0.2) is 0 Å². The van der Waals surface area contributed by atoms with Gasteiger partial charge in [0.25, 0.3) is 5.91 Å². The van der Waals surface area contributed by atoms with Gasteiger partial charge in [0.15, 0.2) is 0 Å². The maximum absolute atomic E-state index is 12.6. The zero-order valence-corrected chi connectivity index (χ0v) is 17.6. The second-order valence-electron chi connectivity index (χ2n) is 6.35. The lowest BCUT2D eigenvalue weighted by atomic mass is 10.1. The molecule has 2 amide bonds. The average Bonchev–Trinajstić information content (AvgIpc) is 3.02. The zero-order chi connectivity index (χ0) is 20.8. The minimum absolute atomic E-state index is 0.187. The number of para-hydroxylation sites is 1. The van der Waals surface area contributed by atoms with Crippen LogP contribution >= 0.6 is 23.4 Å². The monoisotopic (exact) mass is 429 g/mol. The van der Waals surface area contributed by atoms with Gasteiger partial charge in [-0.2, -0.15) is 0 Å². The molecule has 0 unspecified atom stereocenters. The van der Waals surface area contributed by atoms with Crippen LogP contribution in [0.25, 0.3) is 0 Å². The third kappa shape index (κ3) is 5.62. The van der Waals surface area contributed by atoms with Crippen LogP contribution in [0.3, 0.4) is 0 Å². The minimum atomic E-state index is -0.313. The largest absolute Gasteiger partial charge is 0.361 e. The van der Waals surface area contributed by atoms with E-state index in [4.69, 9.17) is 16.1 Å². The smallest absolute Gasteiger partial charge is 0.257 e. The van der Waals surface area contributed by atoms with Crippen LogP contribution in [0.15, 0.2) is 53.1 Å². The fourth-order valence-electron chi connectivity index (χ4n) is 2.66. The van der Waals surface area contributed by atoms with E-state index in [-0.39, 0.29) is 17.6 Å². The van der Waals surface area contributed by atoms with Crippen molar-refractivity contribution in [2.75, 3.05) is 16.4 Å². The number of nitrogens with zero attached hydrogens (tertiary/aromatic N) is 1. The summed E-state index contributed by atoms with van der Waals surface area (Å²) in [6.45, 7) is 3.73. The molecule has 29 heavy (non-hydrogen) atoms. The highest BCUT2D eigenvalue weighted by atomic mass is 35.5. The summed E-state index contributed by atoms with van der Waals surface area (Å²) in [5, 5.41) is 10.1. The van der Waals surface area contributed by atoms with Crippen molar-refractivity contribution in [3.8, 4) is 0 Å². The van der Waals surface area contributed by atoms with Crippen LogP contribution in [0.4, 0.5) is 11.4 Å². The van der Waals surface area contributed by atoms with Crippen molar-refractivity contribution in [1.29, 1.82) is 0 Å². The van der Waals surface area contributed by atoms with Crippen LogP contribution in [0.2, 0.25) is 5.02 Å². The topological polar surface area (TPSA) is 84.2 Å². The Morgan fingerprint density at radius 1 is 1.07 bits per heavy atom. The Bertz CT molecular complexity index is 999. The Morgan fingerprint density at radius 2 is 1.79 bits per heavy atom. The zero-order valence-electron chi connectivity index (χ0n) is 16.0. The molecule has 2 aromatic carbocycles. The van der Waals surface area contributed by atoms with Crippen molar-refractivity contribution in [2.24, 2.45) is 0 Å². The van der Waals surface area contributed by atoms with Crippen molar-refractivity contribution in [1.82, 2.24) is 5.16 Å². The van der Waals surface area contributed by atoms with Gasteiger partial charge in [-0.1, -0.05) is 28.9 Å². The van der Waals surface area contributed by atoms with Gasteiger partial charge in [-0.05, 0) is 50.2 Å². The van der Waals surface area contributed by atoms with Gasteiger partial charge < -0.3 is 15.2 Å². The lowest BCUT2D eigenvalue weighted by Crippen LogP contribution is -2.19. The first-order chi connectivity index (χ1) is 13.9. The van der Waals surface area contributed by atoms with Crippen LogP contribution in [-0.4, -0.2) is 22.7 Å². The standard InChI is InChI=1S/C21H20ClN3O3S/c1-13-18(14(2)28-25-13)11-29-12-20(26)24-19-6-4-3-5-17(19)21(27)23-16-9-7-15(22)8-10-16/h3-10H,11-12H2,1-2H3,(H,23,27)(H,24,26). The molecule has 0 aliphatic rings. The Morgan fingerprint density at radius 3 is 2.48 bits per heavy atom. The maximum atomic E-state index is 12.6. The minimum Gasteiger partial charge on any atom is -0.361 e. The summed E-state index contributed by atoms with van der Waals surface area (Å²) in [5.41, 5.74) is 3.30. The van der Waals surface area contributed by atoms with Gasteiger partial charge in [0.2, 0.25) is 5.91 Å². The molecule has 0 saturated heterocycles. The molecular formula is C21H20ClN3O3S. The SMILES string of the molecule is Cc1noc(C)c1CSCC(=O)Nc1ccccc1C(=O)Nc1ccc(Cl)cc1. The lowest BCUT2D eigenvalue weighted by Gasteiger charge is -2.11. The number of amides is 2. The fourth-order valence-corrected chi connectivity index (χ4v) is 3.76. The van der Waals surface area contributed by atoms with Crippen molar-refractivity contribution in [2.45, 2.75) is 19.6 Å². The quantitative estimate of drug-likeness (QED) is 0.547. The molecule has 8 heteroatoms. The number of halogens is 1. The van der Waals surface area contributed by atoms with Crippen molar-refractivity contribution >= 4 is 46.6 Å². The normalized spacial score (nSPS) is 10.6. The molecule has 1 heterocycles. The number of nitrogens with one attached hydrogen (secondary N) is 2. The molecular weight excluding hydrogens is 410 g/mol. The van der Waals surface area contributed by atoms with Crippen molar-refractivity contribution < 1.29 is 14.1 Å². The summed E-state index contributed by atoms with van der Waals surface area (Å²) < 4.78 is 5.13. The number of thioether (sulfide) groups is 1. The summed E-state index contributed by atoms with van der Waals surface area (Å²) in [4.78, 5) is 25.0. The van der Waals surface area contributed by atoms with E-state index in [0.29, 0.717) is 27.7 Å². The number of rotatable bonds is 7. The van der Waals surface area contributed by atoms with Gasteiger partial charge in [-0.3, -0.25) is 9.59 Å². The van der Waals surface area contributed by atoms with Crippen LogP contribution in [0.5, 0.6) is 0 Å². The van der Waals surface area contributed by atoms with Crippen LogP contribution in [0.1, 0.15) is 27.4 Å². The highest BCUT2D eigenvalue weighted by Crippen LogP contribution is 2.21. The molecule has 0 atom stereocenters. The molecule has 0 saturated carbocycles. The van der Waals surface area contributed by atoms with Gasteiger partial charge in [0, 0.05) is 22.0 Å². The van der Waals surface area contributed by atoms with Crippen LogP contribution in [-0.2, 0) is 10.5 Å². The lowest BCUT2D eigenvalue weighted by molar-refractivity contribution is -0.113. The summed E-state index contributed by atoms with van der Waals surface area (Å²) in [7, 11) is 0. The molecule has 1 aromatic heterocycles. The predicted molar refractivity (Wildman–Crippen MR) is 117 cm³/mol. The van der Waals surface area contributed by atoms with E-state index in [0.717, 1.165) is 17.0 Å². The molecule has 2 N–H and O–H groups in total. The van der Waals surface area contributed by atoms with Gasteiger partial charge in [0.05, 0.1) is 22.7 Å².